The predicted molar refractivity (Wildman–Crippen MR) is 145 cm³/mol. The second-order valence-electron chi connectivity index (χ2n) is 10.0. The second kappa shape index (κ2) is 12.9. The molecule has 10 heteroatoms. The van der Waals surface area contributed by atoms with Crippen LogP contribution >= 0.6 is 12.6 Å². The number of nitrogens with one attached hydrogen (secondary N) is 1. The fraction of sp³-hybridized carbons (Fsp3) is 0.556. The van der Waals surface area contributed by atoms with Gasteiger partial charge in [0.05, 0.1) is 29.5 Å². The zero-order valence-electron chi connectivity index (χ0n) is 22.6. The number of esters is 1. The summed E-state index contributed by atoms with van der Waals surface area (Å²) in [5.74, 6) is 4.91. The van der Waals surface area contributed by atoms with Gasteiger partial charge in [0, 0.05) is 24.2 Å². The topological polar surface area (TPSA) is 105 Å². The van der Waals surface area contributed by atoms with Gasteiger partial charge in [0.15, 0.2) is 0 Å². The van der Waals surface area contributed by atoms with Crippen LogP contribution in [0.25, 0.3) is 0 Å². The molecule has 2 unspecified atom stereocenters. The molecule has 1 aliphatic heterocycles. The first-order valence-electron chi connectivity index (χ1n) is 12.3. The summed E-state index contributed by atoms with van der Waals surface area (Å²) in [7, 11) is 0. The summed E-state index contributed by atoms with van der Waals surface area (Å²) < 4.78 is 10.2. The molecule has 0 saturated heterocycles. The zero-order chi connectivity index (χ0) is 27.9. The average Bonchev–Trinajstić information content (AvgIpc) is 2.89. The van der Waals surface area contributed by atoms with Crippen LogP contribution in [-0.2, 0) is 19.1 Å². The van der Waals surface area contributed by atoms with Crippen LogP contribution in [0.4, 0.5) is 10.5 Å². The lowest BCUT2D eigenvalue weighted by Crippen LogP contribution is -2.46. The summed E-state index contributed by atoms with van der Waals surface area (Å²) in [6.45, 7) is 12.8. The highest BCUT2D eigenvalue weighted by Gasteiger charge is 2.35. The van der Waals surface area contributed by atoms with Gasteiger partial charge in [0.1, 0.15) is 12.1 Å². The lowest BCUT2D eigenvalue weighted by atomic mass is 10.0. The van der Waals surface area contributed by atoms with Crippen LogP contribution in [0.15, 0.2) is 18.2 Å². The molecule has 1 aromatic carbocycles. The molecule has 3 amide bonds. The number of carbonyl (C=O) groups is 4. The highest BCUT2D eigenvalue weighted by molar-refractivity contribution is 7.81. The van der Waals surface area contributed by atoms with Gasteiger partial charge in [-0.3, -0.25) is 14.4 Å². The molecule has 1 aliphatic rings. The van der Waals surface area contributed by atoms with Crippen LogP contribution in [0.2, 0.25) is 0 Å². The van der Waals surface area contributed by atoms with E-state index in [1.807, 2.05) is 13.8 Å². The summed E-state index contributed by atoms with van der Waals surface area (Å²) in [6, 6.07) is 4.37. The van der Waals surface area contributed by atoms with Gasteiger partial charge in [-0.15, -0.1) is 0 Å². The molecule has 1 aromatic rings. The summed E-state index contributed by atoms with van der Waals surface area (Å²) in [5.41, 5.74) is 0.767. The molecule has 0 bridgehead atoms. The molecular formula is C27H37N3O6S. The van der Waals surface area contributed by atoms with Crippen molar-refractivity contribution in [1.29, 1.82) is 0 Å². The van der Waals surface area contributed by atoms with E-state index in [0.717, 1.165) is 0 Å². The summed E-state index contributed by atoms with van der Waals surface area (Å²) in [5, 5.41) is 2.15. The van der Waals surface area contributed by atoms with Crippen molar-refractivity contribution in [2.75, 3.05) is 24.6 Å². The molecule has 0 spiro atoms. The molecule has 9 nitrogen and oxygen atoms in total. The molecule has 0 aliphatic carbocycles. The Hall–Kier alpha value is -3.19. The molecule has 1 heterocycles. The quantitative estimate of drug-likeness (QED) is 0.318. The van der Waals surface area contributed by atoms with Crippen molar-refractivity contribution in [3.8, 4) is 11.8 Å². The van der Waals surface area contributed by atoms with Crippen LogP contribution in [0.3, 0.4) is 0 Å². The first kappa shape index (κ1) is 30.0. The van der Waals surface area contributed by atoms with Crippen LogP contribution in [-0.4, -0.2) is 71.4 Å². The zero-order valence-corrected chi connectivity index (χ0v) is 23.5. The third-order valence-electron chi connectivity index (χ3n) is 5.36. The van der Waals surface area contributed by atoms with Crippen LogP contribution < -0.4 is 10.2 Å². The van der Waals surface area contributed by atoms with Gasteiger partial charge in [0.2, 0.25) is 5.91 Å². The maximum absolute atomic E-state index is 13.6. The number of anilines is 1. The van der Waals surface area contributed by atoms with Gasteiger partial charge in [-0.2, -0.15) is 12.6 Å². The number of fused-ring (bicyclic) bond motifs is 1. The highest BCUT2D eigenvalue weighted by Crippen LogP contribution is 2.30. The van der Waals surface area contributed by atoms with Crippen molar-refractivity contribution in [1.82, 2.24) is 10.2 Å². The normalized spacial score (nSPS) is 15.3. The van der Waals surface area contributed by atoms with Gasteiger partial charge in [-0.05, 0) is 66.7 Å². The number of ether oxygens (including phenoxy) is 2. The molecule has 37 heavy (non-hydrogen) atoms. The largest absolute Gasteiger partial charge is 0.466 e. The number of rotatable bonds is 7. The molecule has 0 aromatic heterocycles. The monoisotopic (exact) mass is 531 g/mol. The molecule has 2 rings (SSSR count). The van der Waals surface area contributed by atoms with E-state index in [0.29, 0.717) is 16.8 Å². The lowest BCUT2D eigenvalue weighted by molar-refractivity contribution is -0.144. The SMILES string of the molecule is CCOC(=O)CC(C)N1CC(=O)N(C(C)C)c2ccc(C#CC(S)CNC(=O)OC(C)(C)C)cc2C1=O. The van der Waals surface area contributed by atoms with E-state index in [4.69, 9.17) is 9.47 Å². The van der Waals surface area contributed by atoms with Crippen LogP contribution in [0.5, 0.6) is 0 Å². The van der Waals surface area contributed by atoms with E-state index in [9.17, 15) is 19.2 Å². The van der Waals surface area contributed by atoms with Crippen LogP contribution in [0.1, 0.15) is 70.8 Å². The van der Waals surface area contributed by atoms with Crippen molar-refractivity contribution in [2.45, 2.75) is 77.8 Å². The standard InChI is InChI=1S/C27H37N3O6S/c1-8-35-24(32)13-18(4)29-16-23(31)30(17(2)3)22-12-10-19(14-21(22)25(29)33)9-11-20(37)15-28-26(34)36-27(5,6)7/h10,12,14,17-18,20,37H,8,13,15-16H2,1-7H3,(H,28,34). The molecule has 202 valence electrons. The molecular weight excluding hydrogens is 494 g/mol. The fourth-order valence-electron chi connectivity index (χ4n) is 3.78. The van der Waals surface area contributed by atoms with Crippen molar-refractivity contribution in [3.05, 3.63) is 29.3 Å². The minimum atomic E-state index is -0.608. The average molecular weight is 532 g/mol. The molecule has 0 radical (unpaired) electrons. The number of benzene rings is 1. The Labute approximate surface area is 224 Å². The minimum absolute atomic E-state index is 0.0185. The Morgan fingerprint density at radius 3 is 2.46 bits per heavy atom. The Kier molecular flexibility index (Phi) is 10.4. The van der Waals surface area contributed by atoms with Crippen molar-refractivity contribution in [2.24, 2.45) is 0 Å². The van der Waals surface area contributed by atoms with E-state index in [2.05, 4.69) is 29.8 Å². The number of hydrogen-bond acceptors (Lipinski definition) is 7. The number of hydrogen-bond donors (Lipinski definition) is 2. The first-order valence-corrected chi connectivity index (χ1v) is 12.8. The molecule has 2 atom stereocenters. The minimum Gasteiger partial charge on any atom is -0.466 e. The molecule has 1 N–H and O–H groups in total. The van der Waals surface area contributed by atoms with Gasteiger partial charge in [-0.25, -0.2) is 4.79 Å². The Morgan fingerprint density at radius 1 is 1.19 bits per heavy atom. The van der Waals surface area contributed by atoms with Gasteiger partial charge in [-0.1, -0.05) is 11.8 Å². The van der Waals surface area contributed by atoms with Crippen molar-refractivity contribution in [3.63, 3.8) is 0 Å². The fourth-order valence-corrected chi connectivity index (χ4v) is 3.94. The van der Waals surface area contributed by atoms with Crippen LogP contribution in [0, 0.1) is 11.8 Å². The maximum Gasteiger partial charge on any atom is 0.407 e. The van der Waals surface area contributed by atoms with E-state index in [1.165, 1.54) is 4.90 Å². The number of amides is 3. The van der Waals surface area contributed by atoms with Crippen molar-refractivity contribution < 1.29 is 28.7 Å². The molecule has 0 saturated carbocycles. The van der Waals surface area contributed by atoms with Crippen molar-refractivity contribution >= 4 is 42.2 Å². The number of thiol groups is 1. The van der Waals surface area contributed by atoms with Gasteiger partial charge >= 0.3 is 12.1 Å². The predicted octanol–water partition coefficient (Wildman–Crippen LogP) is 3.40. The van der Waals surface area contributed by atoms with E-state index >= 15 is 0 Å². The smallest absolute Gasteiger partial charge is 0.407 e. The van der Waals surface area contributed by atoms with Gasteiger partial charge in [0.25, 0.3) is 5.91 Å². The van der Waals surface area contributed by atoms with Gasteiger partial charge < -0.3 is 24.6 Å². The third-order valence-corrected chi connectivity index (χ3v) is 5.67. The Morgan fingerprint density at radius 2 is 1.86 bits per heavy atom. The van der Waals surface area contributed by atoms with E-state index in [-0.39, 0.29) is 44.0 Å². The number of nitrogens with zero attached hydrogens (tertiary/aromatic N) is 2. The first-order chi connectivity index (χ1) is 17.2. The third kappa shape index (κ3) is 8.71. The summed E-state index contributed by atoms with van der Waals surface area (Å²) in [4.78, 5) is 53.6. The maximum atomic E-state index is 13.6. The molecule has 0 fully saturated rings. The lowest BCUT2D eigenvalue weighted by Gasteiger charge is -2.28. The Balaban J connectivity index is 2.30. The van der Waals surface area contributed by atoms with E-state index in [1.54, 1.807) is 57.7 Å². The summed E-state index contributed by atoms with van der Waals surface area (Å²) in [6.07, 6.45) is -0.575. The van der Waals surface area contributed by atoms with E-state index < -0.39 is 29.0 Å². The Bertz CT molecular complexity index is 1090. The number of carbonyl (C=O) groups excluding carboxylic acids is 4. The highest BCUT2D eigenvalue weighted by atomic mass is 32.1. The number of alkyl carbamates (subject to hydrolysis) is 1. The second-order valence-corrected chi connectivity index (χ2v) is 10.7. The summed E-state index contributed by atoms with van der Waals surface area (Å²) >= 11 is 4.41.